The molecule has 1 rings (SSSR count). The van der Waals surface area contributed by atoms with Gasteiger partial charge in [0.2, 0.25) is 12.2 Å². The van der Waals surface area contributed by atoms with Gasteiger partial charge in [-0.1, -0.05) is 0 Å². The van der Waals surface area contributed by atoms with Gasteiger partial charge < -0.3 is 14.4 Å². The minimum Gasteiger partial charge on any atom is -0.350 e. The van der Waals surface area contributed by atoms with E-state index in [1.54, 1.807) is 26.5 Å². The van der Waals surface area contributed by atoms with Crippen LogP contribution < -0.4 is 4.90 Å². The first-order valence-electron chi connectivity index (χ1n) is 5.40. The van der Waals surface area contributed by atoms with Gasteiger partial charge in [0.05, 0.1) is 0 Å². The third-order valence-corrected chi connectivity index (χ3v) is 2.38. The van der Waals surface area contributed by atoms with Crippen LogP contribution in [0.15, 0.2) is 12.3 Å². The highest BCUT2D eigenvalue weighted by Gasteiger charge is 2.13. The van der Waals surface area contributed by atoms with Gasteiger partial charge in [-0.3, -0.25) is 0 Å². The summed E-state index contributed by atoms with van der Waals surface area (Å²) in [5.74, 6) is 0.710. The SMILES string of the molecule is CCN(CC)c1nccc(C(OC)OC)n1. The molecule has 5 nitrogen and oxygen atoms in total. The molecule has 16 heavy (non-hydrogen) atoms. The summed E-state index contributed by atoms with van der Waals surface area (Å²) in [6, 6.07) is 1.80. The Balaban J connectivity index is 2.93. The number of hydrogen-bond acceptors (Lipinski definition) is 5. The second-order valence-corrected chi connectivity index (χ2v) is 3.26. The summed E-state index contributed by atoms with van der Waals surface area (Å²) in [6.07, 6.45) is 1.29. The fourth-order valence-corrected chi connectivity index (χ4v) is 1.49. The Morgan fingerprint density at radius 1 is 1.25 bits per heavy atom. The third kappa shape index (κ3) is 2.90. The van der Waals surface area contributed by atoms with E-state index in [4.69, 9.17) is 9.47 Å². The van der Waals surface area contributed by atoms with Gasteiger partial charge in [-0.05, 0) is 19.9 Å². The summed E-state index contributed by atoms with van der Waals surface area (Å²) in [4.78, 5) is 10.7. The van der Waals surface area contributed by atoms with Gasteiger partial charge in [0.25, 0.3) is 0 Å². The minimum atomic E-state index is -0.433. The smallest absolute Gasteiger partial charge is 0.225 e. The van der Waals surface area contributed by atoms with Gasteiger partial charge in [-0.15, -0.1) is 0 Å². The Morgan fingerprint density at radius 3 is 2.38 bits per heavy atom. The molecule has 0 aliphatic rings. The maximum atomic E-state index is 5.16. The number of anilines is 1. The van der Waals surface area contributed by atoms with Crippen molar-refractivity contribution in [1.82, 2.24) is 9.97 Å². The fourth-order valence-electron chi connectivity index (χ4n) is 1.49. The average Bonchev–Trinajstić information content (AvgIpc) is 2.33. The molecular formula is C11H19N3O2. The van der Waals surface area contributed by atoms with Gasteiger partial charge >= 0.3 is 0 Å². The number of aromatic nitrogens is 2. The lowest BCUT2D eigenvalue weighted by Gasteiger charge is -2.20. The van der Waals surface area contributed by atoms with E-state index in [1.165, 1.54) is 0 Å². The maximum absolute atomic E-state index is 5.16. The van der Waals surface area contributed by atoms with Crippen molar-refractivity contribution in [2.24, 2.45) is 0 Å². The molecule has 0 aliphatic heterocycles. The highest BCUT2D eigenvalue weighted by Crippen LogP contribution is 2.16. The van der Waals surface area contributed by atoms with Crippen LogP contribution in [0.3, 0.4) is 0 Å². The monoisotopic (exact) mass is 225 g/mol. The van der Waals surface area contributed by atoms with Crippen molar-refractivity contribution < 1.29 is 9.47 Å². The van der Waals surface area contributed by atoms with Crippen LogP contribution in [0.5, 0.6) is 0 Å². The van der Waals surface area contributed by atoms with Crippen molar-refractivity contribution >= 4 is 5.95 Å². The summed E-state index contributed by atoms with van der Waals surface area (Å²) < 4.78 is 10.3. The molecule has 0 aromatic carbocycles. The number of ether oxygens (including phenoxy) is 2. The van der Waals surface area contributed by atoms with Crippen LogP contribution in [-0.2, 0) is 9.47 Å². The third-order valence-electron chi connectivity index (χ3n) is 2.38. The first kappa shape index (κ1) is 12.9. The highest BCUT2D eigenvalue weighted by atomic mass is 16.7. The molecule has 5 heteroatoms. The van der Waals surface area contributed by atoms with Crippen molar-refractivity contribution in [3.63, 3.8) is 0 Å². The molecule has 90 valence electrons. The van der Waals surface area contributed by atoms with Crippen LogP contribution in [-0.4, -0.2) is 37.3 Å². The van der Waals surface area contributed by atoms with E-state index in [-0.39, 0.29) is 0 Å². The minimum absolute atomic E-state index is 0.433. The van der Waals surface area contributed by atoms with Crippen molar-refractivity contribution in [2.45, 2.75) is 20.1 Å². The zero-order valence-corrected chi connectivity index (χ0v) is 10.3. The first-order chi connectivity index (χ1) is 7.76. The molecule has 0 aliphatic carbocycles. The predicted molar refractivity (Wildman–Crippen MR) is 62.4 cm³/mol. The second kappa shape index (κ2) is 6.40. The average molecular weight is 225 g/mol. The van der Waals surface area contributed by atoms with Gasteiger partial charge in [-0.25, -0.2) is 9.97 Å². The van der Waals surface area contributed by atoms with Crippen LogP contribution in [0.25, 0.3) is 0 Å². The van der Waals surface area contributed by atoms with E-state index < -0.39 is 6.29 Å². The molecule has 0 bridgehead atoms. The van der Waals surface area contributed by atoms with Crippen molar-refractivity contribution in [2.75, 3.05) is 32.2 Å². The van der Waals surface area contributed by atoms with Crippen LogP contribution in [0.4, 0.5) is 5.95 Å². The van der Waals surface area contributed by atoms with Crippen LogP contribution in [0, 0.1) is 0 Å². The standard InChI is InChI=1S/C11H19N3O2/c1-5-14(6-2)11-12-8-7-9(13-11)10(15-3)16-4/h7-8,10H,5-6H2,1-4H3. The van der Waals surface area contributed by atoms with E-state index in [0.29, 0.717) is 5.95 Å². The zero-order valence-electron chi connectivity index (χ0n) is 10.3. The highest BCUT2D eigenvalue weighted by molar-refractivity contribution is 5.29. The van der Waals surface area contributed by atoms with Crippen molar-refractivity contribution in [1.29, 1.82) is 0 Å². The van der Waals surface area contributed by atoms with Crippen LogP contribution >= 0.6 is 0 Å². The Labute approximate surface area is 96.4 Å². The van der Waals surface area contributed by atoms with Crippen molar-refractivity contribution in [3.8, 4) is 0 Å². The lowest BCUT2D eigenvalue weighted by molar-refractivity contribution is -0.108. The molecule has 0 atom stereocenters. The quantitative estimate of drug-likeness (QED) is 0.688. The van der Waals surface area contributed by atoms with E-state index in [0.717, 1.165) is 18.8 Å². The van der Waals surface area contributed by atoms with E-state index in [9.17, 15) is 0 Å². The summed E-state index contributed by atoms with van der Waals surface area (Å²) in [5, 5.41) is 0. The van der Waals surface area contributed by atoms with Gasteiger partial charge in [0.1, 0.15) is 5.69 Å². The molecule has 0 unspecified atom stereocenters. The Kier molecular flexibility index (Phi) is 5.14. The molecule has 0 radical (unpaired) electrons. The van der Waals surface area contributed by atoms with Gasteiger partial charge in [0, 0.05) is 33.5 Å². The number of hydrogen-bond donors (Lipinski definition) is 0. The number of nitrogens with zero attached hydrogens (tertiary/aromatic N) is 3. The van der Waals surface area contributed by atoms with E-state index in [1.807, 2.05) is 0 Å². The lowest BCUT2D eigenvalue weighted by atomic mass is 10.4. The molecule has 0 saturated carbocycles. The van der Waals surface area contributed by atoms with E-state index >= 15 is 0 Å². The summed E-state index contributed by atoms with van der Waals surface area (Å²) in [5.41, 5.74) is 0.738. The van der Waals surface area contributed by atoms with Crippen LogP contribution in [0.2, 0.25) is 0 Å². The Bertz CT molecular complexity index is 285. The lowest BCUT2D eigenvalue weighted by Crippen LogP contribution is -2.24. The Morgan fingerprint density at radius 2 is 1.88 bits per heavy atom. The molecule has 1 aromatic rings. The number of rotatable bonds is 6. The molecule has 0 N–H and O–H groups in total. The predicted octanol–water partition coefficient (Wildman–Crippen LogP) is 1.61. The molecule has 0 saturated heterocycles. The summed E-state index contributed by atoms with van der Waals surface area (Å²) in [7, 11) is 3.18. The molecule has 1 heterocycles. The maximum Gasteiger partial charge on any atom is 0.225 e. The van der Waals surface area contributed by atoms with E-state index in [2.05, 4.69) is 28.7 Å². The topological polar surface area (TPSA) is 47.5 Å². The number of methoxy groups -OCH3 is 2. The largest absolute Gasteiger partial charge is 0.350 e. The fraction of sp³-hybridized carbons (Fsp3) is 0.636. The zero-order chi connectivity index (χ0) is 12.0. The molecule has 1 aromatic heterocycles. The van der Waals surface area contributed by atoms with Gasteiger partial charge in [0.15, 0.2) is 0 Å². The van der Waals surface area contributed by atoms with Crippen LogP contribution in [0.1, 0.15) is 25.8 Å². The normalized spacial score (nSPS) is 10.8. The summed E-state index contributed by atoms with van der Waals surface area (Å²) >= 11 is 0. The second-order valence-electron chi connectivity index (χ2n) is 3.26. The first-order valence-corrected chi connectivity index (χ1v) is 5.40. The van der Waals surface area contributed by atoms with Crippen molar-refractivity contribution in [3.05, 3.63) is 18.0 Å². The molecule has 0 amide bonds. The Hall–Kier alpha value is -1.20. The molecule has 0 fully saturated rings. The molecular weight excluding hydrogens is 206 g/mol. The molecule has 0 spiro atoms. The van der Waals surface area contributed by atoms with Gasteiger partial charge in [-0.2, -0.15) is 0 Å². The summed E-state index contributed by atoms with van der Waals surface area (Å²) in [6.45, 7) is 5.91.